The minimum absolute atomic E-state index is 0.123. The molecule has 1 aliphatic heterocycles. The SMILES string of the molecule is CCc1ccccc1O[C@H](C)C(=O)N1CCN(S(=O)(=O)c2ccccc2)CC1. The van der Waals surface area contributed by atoms with Crippen LogP contribution >= 0.6 is 0 Å². The molecule has 0 unspecified atom stereocenters. The Bertz CT molecular complexity index is 907. The maximum atomic E-state index is 12.8. The Labute approximate surface area is 166 Å². The first-order valence-electron chi connectivity index (χ1n) is 9.52. The molecule has 1 heterocycles. The first kappa shape index (κ1) is 20.4. The van der Waals surface area contributed by atoms with Crippen LogP contribution in [0.1, 0.15) is 19.4 Å². The van der Waals surface area contributed by atoms with Gasteiger partial charge in [-0.05, 0) is 37.1 Å². The van der Waals surface area contributed by atoms with Crippen molar-refractivity contribution in [3.63, 3.8) is 0 Å². The van der Waals surface area contributed by atoms with Crippen molar-refractivity contribution in [2.24, 2.45) is 0 Å². The Morgan fingerprint density at radius 1 is 1.00 bits per heavy atom. The fourth-order valence-electron chi connectivity index (χ4n) is 3.30. The number of ether oxygens (including phenoxy) is 1. The number of piperazine rings is 1. The van der Waals surface area contributed by atoms with E-state index in [1.807, 2.05) is 31.2 Å². The van der Waals surface area contributed by atoms with Crippen LogP contribution in [0.3, 0.4) is 0 Å². The van der Waals surface area contributed by atoms with Gasteiger partial charge in [-0.25, -0.2) is 8.42 Å². The van der Waals surface area contributed by atoms with Crippen molar-refractivity contribution in [1.29, 1.82) is 0 Å². The van der Waals surface area contributed by atoms with Crippen LogP contribution < -0.4 is 4.74 Å². The lowest BCUT2D eigenvalue weighted by atomic mass is 10.1. The van der Waals surface area contributed by atoms with Crippen LogP contribution in [0.15, 0.2) is 59.5 Å². The monoisotopic (exact) mass is 402 g/mol. The van der Waals surface area contributed by atoms with E-state index in [-0.39, 0.29) is 23.9 Å². The molecule has 7 heteroatoms. The molecule has 2 aromatic rings. The van der Waals surface area contributed by atoms with Gasteiger partial charge in [0, 0.05) is 26.2 Å². The molecule has 150 valence electrons. The molecule has 1 saturated heterocycles. The third-order valence-corrected chi connectivity index (χ3v) is 6.85. The predicted molar refractivity (Wildman–Crippen MR) is 108 cm³/mol. The van der Waals surface area contributed by atoms with Crippen molar-refractivity contribution in [1.82, 2.24) is 9.21 Å². The lowest BCUT2D eigenvalue weighted by molar-refractivity contribution is -0.139. The maximum Gasteiger partial charge on any atom is 0.263 e. The summed E-state index contributed by atoms with van der Waals surface area (Å²) in [5.41, 5.74) is 1.06. The van der Waals surface area contributed by atoms with E-state index in [4.69, 9.17) is 4.74 Å². The number of benzene rings is 2. The topological polar surface area (TPSA) is 66.9 Å². The van der Waals surface area contributed by atoms with Gasteiger partial charge in [-0.2, -0.15) is 4.31 Å². The smallest absolute Gasteiger partial charge is 0.263 e. The molecule has 0 N–H and O–H groups in total. The molecule has 3 rings (SSSR count). The van der Waals surface area contributed by atoms with Crippen molar-refractivity contribution < 1.29 is 17.9 Å². The van der Waals surface area contributed by atoms with Crippen LogP contribution in [0.5, 0.6) is 5.75 Å². The molecule has 1 fully saturated rings. The summed E-state index contributed by atoms with van der Waals surface area (Å²) < 4.78 is 32.7. The molecule has 0 bridgehead atoms. The molecule has 0 radical (unpaired) electrons. The molecule has 1 aliphatic rings. The molecule has 28 heavy (non-hydrogen) atoms. The van der Waals surface area contributed by atoms with Gasteiger partial charge in [-0.15, -0.1) is 0 Å². The Morgan fingerprint density at radius 3 is 2.25 bits per heavy atom. The normalized spacial score (nSPS) is 16.6. The molecule has 1 atom stereocenters. The minimum Gasteiger partial charge on any atom is -0.481 e. The van der Waals surface area contributed by atoms with Gasteiger partial charge in [0.2, 0.25) is 10.0 Å². The predicted octanol–water partition coefficient (Wildman–Crippen LogP) is 2.55. The van der Waals surface area contributed by atoms with E-state index >= 15 is 0 Å². The molecular weight excluding hydrogens is 376 g/mol. The van der Waals surface area contributed by atoms with Gasteiger partial charge in [0.15, 0.2) is 6.10 Å². The molecule has 0 spiro atoms. The Balaban J connectivity index is 1.60. The summed E-state index contributed by atoms with van der Waals surface area (Å²) in [6, 6.07) is 16.1. The highest BCUT2D eigenvalue weighted by Gasteiger charge is 2.32. The highest BCUT2D eigenvalue weighted by molar-refractivity contribution is 7.89. The first-order chi connectivity index (χ1) is 13.4. The van der Waals surface area contributed by atoms with Crippen molar-refractivity contribution in [3.05, 3.63) is 60.2 Å². The number of nitrogens with zero attached hydrogens (tertiary/aromatic N) is 2. The summed E-state index contributed by atoms with van der Waals surface area (Å²) in [7, 11) is -3.52. The van der Waals surface area contributed by atoms with E-state index in [2.05, 4.69) is 0 Å². The number of hydrogen-bond donors (Lipinski definition) is 0. The molecular formula is C21H26N2O4S. The van der Waals surface area contributed by atoms with Crippen molar-refractivity contribution in [2.45, 2.75) is 31.3 Å². The fraction of sp³-hybridized carbons (Fsp3) is 0.381. The lowest BCUT2D eigenvalue weighted by Gasteiger charge is -2.35. The van der Waals surface area contributed by atoms with Crippen LogP contribution in [0.4, 0.5) is 0 Å². The Hall–Kier alpha value is -2.38. The third kappa shape index (κ3) is 4.36. The highest BCUT2D eigenvalue weighted by Crippen LogP contribution is 2.21. The number of aryl methyl sites for hydroxylation is 1. The average molecular weight is 403 g/mol. The number of carbonyl (C=O) groups is 1. The van der Waals surface area contributed by atoms with Gasteiger partial charge < -0.3 is 9.64 Å². The van der Waals surface area contributed by atoms with Crippen LogP contribution in [-0.4, -0.2) is 55.8 Å². The lowest BCUT2D eigenvalue weighted by Crippen LogP contribution is -2.53. The summed E-state index contributed by atoms with van der Waals surface area (Å²) >= 11 is 0. The number of rotatable bonds is 6. The van der Waals surface area contributed by atoms with Crippen molar-refractivity contribution >= 4 is 15.9 Å². The summed E-state index contributed by atoms with van der Waals surface area (Å²) in [6.07, 6.45) is 0.206. The van der Waals surface area contributed by atoms with E-state index in [0.717, 1.165) is 17.7 Å². The van der Waals surface area contributed by atoms with E-state index in [9.17, 15) is 13.2 Å². The van der Waals surface area contributed by atoms with Gasteiger partial charge in [0.1, 0.15) is 5.75 Å². The van der Waals surface area contributed by atoms with Gasteiger partial charge >= 0.3 is 0 Å². The zero-order valence-electron chi connectivity index (χ0n) is 16.2. The second-order valence-corrected chi connectivity index (χ2v) is 8.70. The summed E-state index contributed by atoms with van der Waals surface area (Å²) in [5, 5.41) is 0. The van der Waals surface area contributed by atoms with Gasteiger partial charge in [0.05, 0.1) is 4.90 Å². The average Bonchev–Trinajstić information content (AvgIpc) is 2.74. The third-order valence-electron chi connectivity index (χ3n) is 4.94. The van der Waals surface area contributed by atoms with Gasteiger partial charge in [0.25, 0.3) is 5.91 Å². The largest absolute Gasteiger partial charge is 0.481 e. The maximum absolute atomic E-state index is 12.8. The van der Waals surface area contributed by atoms with Gasteiger partial charge in [-0.3, -0.25) is 4.79 Å². The van der Waals surface area contributed by atoms with E-state index in [1.54, 1.807) is 42.2 Å². The van der Waals surface area contributed by atoms with E-state index < -0.39 is 16.1 Å². The van der Waals surface area contributed by atoms with Crippen LogP contribution in [0.25, 0.3) is 0 Å². The number of sulfonamides is 1. The summed E-state index contributed by atoms with van der Waals surface area (Å²) in [5.74, 6) is 0.596. The van der Waals surface area contributed by atoms with E-state index in [0.29, 0.717) is 13.1 Å². The second-order valence-electron chi connectivity index (χ2n) is 6.76. The highest BCUT2D eigenvalue weighted by atomic mass is 32.2. The van der Waals surface area contributed by atoms with Crippen LogP contribution in [-0.2, 0) is 21.2 Å². The molecule has 6 nitrogen and oxygen atoms in total. The van der Waals surface area contributed by atoms with Crippen LogP contribution in [0.2, 0.25) is 0 Å². The molecule has 0 aliphatic carbocycles. The Morgan fingerprint density at radius 2 is 1.61 bits per heavy atom. The first-order valence-corrected chi connectivity index (χ1v) is 11.0. The van der Waals surface area contributed by atoms with Crippen molar-refractivity contribution in [3.8, 4) is 5.75 Å². The molecule has 2 aromatic carbocycles. The number of amides is 1. The summed E-state index contributed by atoms with van der Waals surface area (Å²) in [4.78, 5) is 14.7. The molecule has 0 saturated carbocycles. The quantitative estimate of drug-likeness (QED) is 0.745. The van der Waals surface area contributed by atoms with E-state index in [1.165, 1.54) is 4.31 Å². The fourth-order valence-corrected chi connectivity index (χ4v) is 4.74. The zero-order chi connectivity index (χ0) is 20.1. The molecule has 1 amide bonds. The number of para-hydroxylation sites is 1. The minimum atomic E-state index is -3.52. The van der Waals surface area contributed by atoms with Crippen molar-refractivity contribution in [2.75, 3.05) is 26.2 Å². The van der Waals surface area contributed by atoms with Gasteiger partial charge in [-0.1, -0.05) is 43.3 Å². The standard InChI is InChI=1S/C21H26N2O4S/c1-3-18-9-7-8-12-20(18)27-17(2)21(24)22-13-15-23(16-14-22)28(25,26)19-10-5-4-6-11-19/h4-12,17H,3,13-16H2,1-2H3/t17-/m1/s1. The van der Waals surface area contributed by atoms with Crippen LogP contribution in [0, 0.1) is 0 Å². The molecule has 0 aromatic heterocycles. The summed E-state index contributed by atoms with van der Waals surface area (Å²) in [6.45, 7) is 5.05. The Kier molecular flexibility index (Phi) is 6.36. The zero-order valence-corrected chi connectivity index (χ0v) is 17.1. The number of hydrogen-bond acceptors (Lipinski definition) is 4. The number of carbonyl (C=O) groups excluding carboxylic acids is 1. The second kappa shape index (κ2) is 8.75.